The summed E-state index contributed by atoms with van der Waals surface area (Å²) in [6, 6.07) is 7.18. The van der Waals surface area contributed by atoms with E-state index in [4.69, 9.17) is 0 Å². The third-order valence-corrected chi connectivity index (χ3v) is 3.74. The van der Waals surface area contributed by atoms with Crippen LogP contribution in [-0.4, -0.2) is 37.6 Å². The lowest BCUT2D eigenvalue weighted by atomic mass is 9.88. The van der Waals surface area contributed by atoms with E-state index in [-0.39, 0.29) is 17.4 Å². The average molecular weight is 238 g/mol. The van der Waals surface area contributed by atoms with Crippen LogP contribution in [0, 0.1) is 5.82 Å². The maximum atomic E-state index is 13.6. The lowest BCUT2D eigenvalue weighted by Gasteiger charge is -2.40. The van der Waals surface area contributed by atoms with Crippen molar-refractivity contribution in [2.24, 2.45) is 0 Å². The number of hydrogen-bond donors (Lipinski definition) is 1. The molecule has 0 radical (unpaired) electrons. The van der Waals surface area contributed by atoms with Crippen molar-refractivity contribution < 1.29 is 4.39 Å². The third-order valence-electron chi connectivity index (χ3n) is 3.74. The SMILES string of the molecule is CNC(Cc1ccccc1F)C(C)(C)N(C)C. The number of rotatable bonds is 5. The molecule has 0 aliphatic carbocycles. The Kier molecular flexibility index (Phi) is 4.66. The molecule has 1 aromatic rings. The molecular weight excluding hydrogens is 215 g/mol. The Bertz CT molecular complexity index is 361. The molecule has 0 fully saturated rings. The van der Waals surface area contributed by atoms with Crippen LogP contribution in [0.2, 0.25) is 0 Å². The molecule has 0 spiro atoms. The summed E-state index contributed by atoms with van der Waals surface area (Å²) in [6.45, 7) is 4.32. The lowest BCUT2D eigenvalue weighted by molar-refractivity contribution is 0.141. The summed E-state index contributed by atoms with van der Waals surface area (Å²) in [5.41, 5.74) is 0.735. The van der Waals surface area contributed by atoms with Crippen molar-refractivity contribution in [1.82, 2.24) is 10.2 Å². The lowest BCUT2D eigenvalue weighted by Crippen LogP contribution is -2.55. The van der Waals surface area contributed by atoms with Crippen molar-refractivity contribution >= 4 is 0 Å². The molecule has 0 aromatic heterocycles. The molecule has 3 heteroatoms. The maximum Gasteiger partial charge on any atom is 0.126 e. The van der Waals surface area contributed by atoms with Crippen molar-refractivity contribution in [2.45, 2.75) is 31.8 Å². The second kappa shape index (κ2) is 5.61. The van der Waals surface area contributed by atoms with Gasteiger partial charge in [-0.25, -0.2) is 4.39 Å². The number of benzene rings is 1. The highest BCUT2D eigenvalue weighted by atomic mass is 19.1. The van der Waals surface area contributed by atoms with E-state index in [9.17, 15) is 4.39 Å². The van der Waals surface area contributed by atoms with Gasteiger partial charge in [0, 0.05) is 11.6 Å². The molecule has 1 unspecified atom stereocenters. The summed E-state index contributed by atoms with van der Waals surface area (Å²) >= 11 is 0. The molecule has 0 amide bonds. The standard InChI is InChI=1S/C14H23FN2/c1-14(2,17(4)5)13(16-3)10-11-8-6-7-9-12(11)15/h6-9,13,16H,10H2,1-5H3. The topological polar surface area (TPSA) is 15.3 Å². The van der Waals surface area contributed by atoms with Crippen LogP contribution in [0.15, 0.2) is 24.3 Å². The normalized spacial score (nSPS) is 14.1. The Balaban J connectivity index is 2.88. The largest absolute Gasteiger partial charge is 0.315 e. The molecule has 1 atom stereocenters. The fraction of sp³-hybridized carbons (Fsp3) is 0.571. The Morgan fingerprint density at radius 3 is 2.35 bits per heavy atom. The molecule has 0 bridgehead atoms. The highest BCUT2D eigenvalue weighted by Crippen LogP contribution is 2.20. The van der Waals surface area contributed by atoms with Gasteiger partial charge in [0.1, 0.15) is 5.82 Å². The number of nitrogens with one attached hydrogen (secondary N) is 1. The minimum Gasteiger partial charge on any atom is -0.315 e. The number of halogens is 1. The summed E-state index contributed by atoms with van der Waals surface area (Å²) in [4.78, 5) is 2.16. The zero-order valence-corrected chi connectivity index (χ0v) is 11.4. The molecule has 1 N–H and O–H groups in total. The van der Waals surface area contributed by atoms with Gasteiger partial charge in [-0.2, -0.15) is 0 Å². The maximum absolute atomic E-state index is 13.6. The van der Waals surface area contributed by atoms with Crippen molar-refractivity contribution in [1.29, 1.82) is 0 Å². The van der Waals surface area contributed by atoms with E-state index in [0.717, 1.165) is 5.56 Å². The van der Waals surface area contributed by atoms with Gasteiger partial charge in [0.25, 0.3) is 0 Å². The van der Waals surface area contributed by atoms with Crippen LogP contribution >= 0.6 is 0 Å². The highest BCUT2D eigenvalue weighted by Gasteiger charge is 2.30. The molecule has 17 heavy (non-hydrogen) atoms. The molecule has 96 valence electrons. The van der Waals surface area contributed by atoms with Crippen LogP contribution in [0.25, 0.3) is 0 Å². The van der Waals surface area contributed by atoms with Gasteiger partial charge in [-0.15, -0.1) is 0 Å². The van der Waals surface area contributed by atoms with E-state index in [0.29, 0.717) is 6.42 Å². The second-order valence-corrected chi connectivity index (χ2v) is 5.18. The monoisotopic (exact) mass is 238 g/mol. The third kappa shape index (κ3) is 3.27. The smallest absolute Gasteiger partial charge is 0.126 e. The van der Waals surface area contributed by atoms with Crippen LogP contribution in [0.1, 0.15) is 19.4 Å². The molecule has 0 saturated heterocycles. The van der Waals surface area contributed by atoms with Gasteiger partial charge < -0.3 is 10.2 Å². The van der Waals surface area contributed by atoms with Gasteiger partial charge in [-0.3, -0.25) is 0 Å². The fourth-order valence-corrected chi connectivity index (χ4v) is 1.90. The Hall–Kier alpha value is -0.930. The van der Waals surface area contributed by atoms with Crippen molar-refractivity contribution in [3.8, 4) is 0 Å². The number of hydrogen-bond acceptors (Lipinski definition) is 2. The van der Waals surface area contributed by atoms with Crippen molar-refractivity contribution in [3.63, 3.8) is 0 Å². The molecular formula is C14H23FN2. The van der Waals surface area contributed by atoms with Gasteiger partial charge in [0.15, 0.2) is 0 Å². The molecule has 0 aliphatic rings. The summed E-state index contributed by atoms with van der Waals surface area (Å²) in [5.74, 6) is -0.123. The number of nitrogens with zero attached hydrogens (tertiary/aromatic N) is 1. The minimum atomic E-state index is -0.123. The van der Waals surface area contributed by atoms with Crippen molar-refractivity contribution in [3.05, 3.63) is 35.6 Å². The van der Waals surface area contributed by atoms with Gasteiger partial charge in [0.05, 0.1) is 0 Å². The molecule has 1 aromatic carbocycles. The number of likely N-dealkylation sites (N-methyl/N-ethyl adjacent to an activating group) is 2. The predicted octanol–water partition coefficient (Wildman–Crippen LogP) is 2.30. The van der Waals surface area contributed by atoms with E-state index in [1.165, 1.54) is 6.07 Å². The Morgan fingerprint density at radius 1 is 1.29 bits per heavy atom. The quantitative estimate of drug-likeness (QED) is 0.846. The van der Waals surface area contributed by atoms with Crippen LogP contribution < -0.4 is 5.32 Å². The first-order chi connectivity index (χ1) is 7.89. The van der Waals surface area contributed by atoms with E-state index in [2.05, 4.69) is 24.1 Å². The van der Waals surface area contributed by atoms with E-state index in [1.807, 2.05) is 33.3 Å². The molecule has 0 saturated carbocycles. The van der Waals surface area contributed by atoms with Gasteiger partial charge in [-0.05, 0) is 53.0 Å². The molecule has 2 nitrogen and oxygen atoms in total. The Morgan fingerprint density at radius 2 is 1.88 bits per heavy atom. The first-order valence-electron chi connectivity index (χ1n) is 5.97. The Labute approximate surface area is 104 Å². The average Bonchev–Trinajstić information content (AvgIpc) is 2.27. The summed E-state index contributed by atoms with van der Waals surface area (Å²) < 4.78 is 13.6. The summed E-state index contributed by atoms with van der Waals surface area (Å²) in [7, 11) is 6.02. The molecule has 0 heterocycles. The predicted molar refractivity (Wildman–Crippen MR) is 70.7 cm³/mol. The van der Waals surface area contributed by atoms with E-state index >= 15 is 0 Å². The van der Waals surface area contributed by atoms with E-state index < -0.39 is 0 Å². The fourth-order valence-electron chi connectivity index (χ4n) is 1.90. The molecule has 0 aliphatic heterocycles. The zero-order valence-electron chi connectivity index (χ0n) is 11.4. The van der Waals surface area contributed by atoms with Crippen molar-refractivity contribution in [2.75, 3.05) is 21.1 Å². The summed E-state index contributed by atoms with van der Waals surface area (Å²) in [5, 5.41) is 3.29. The van der Waals surface area contributed by atoms with Gasteiger partial charge in [0.2, 0.25) is 0 Å². The van der Waals surface area contributed by atoms with Gasteiger partial charge in [-0.1, -0.05) is 18.2 Å². The highest BCUT2D eigenvalue weighted by molar-refractivity contribution is 5.19. The van der Waals surface area contributed by atoms with Crippen LogP contribution in [-0.2, 0) is 6.42 Å². The first-order valence-corrected chi connectivity index (χ1v) is 5.97. The van der Waals surface area contributed by atoms with Crippen LogP contribution in [0.4, 0.5) is 4.39 Å². The van der Waals surface area contributed by atoms with Crippen LogP contribution in [0.5, 0.6) is 0 Å². The summed E-state index contributed by atoms with van der Waals surface area (Å²) in [6.07, 6.45) is 0.689. The van der Waals surface area contributed by atoms with Crippen LogP contribution in [0.3, 0.4) is 0 Å². The molecule has 1 rings (SSSR count). The second-order valence-electron chi connectivity index (χ2n) is 5.18. The minimum absolute atomic E-state index is 0.0307. The first kappa shape index (κ1) is 14.1. The van der Waals surface area contributed by atoms with E-state index in [1.54, 1.807) is 6.07 Å². The van der Waals surface area contributed by atoms with Gasteiger partial charge >= 0.3 is 0 Å². The zero-order chi connectivity index (χ0) is 13.1.